The molecule has 1 atom stereocenters. The number of aliphatic carboxylic acids is 1. The molecule has 1 aliphatic rings. The summed E-state index contributed by atoms with van der Waals surface area (Å²) in [6.07, 6.45) is 1.91. The van der Waals surface area contributed by atoms with Crippen LogP contribution in [0.5, 0.6) is 0 Å². The van der Waals surface area contributed by atoms with Crippen LogP contribution in [0.25, 0.3) is 0 Å². The van der Waals surface area contributed by atoms with Crippen molar-refractivity contribution in [3.8, 4) is 0 Å². The van der Waals surface area contributed by atoms with Gasteiger partial charge in [0.1, 0.15) is 6.04 Å². The number of rotatable bonds is 4. The SMILES string of the molecule is O=C(O)[C@H]1CCCCN1C(=O)Cc1ccc([N+](=O)[O-])cc1Cl. The minimum atomic E-state index is -1.01. The Balaban J connectivity index is 2.14. The summed E-state index contributed by atoms with van der Waals surface area (Å²) in [5.74, 6) is -1.34. The molecule has 1 fully saturated rings. The van der Waals surface area contributed by atoms with Gasteiger partial charge in [-0.2, -0.15) is 0 Å². The van der Waals surface area contributed by atoms with E-state index < -0.39 is 16.9 Å². The number of amides is 1. The molecule has 2 rings (SSSR count). The fourth-order valence-corrected chi connectivity index (χ4v) is 2.79. The summed E-state index contributed by atoms with van der Waals surface area (Å²) in [4.78, 5) is 35.0. The standard InChI is InChI=1S/C14H15ClN2O5/c15-11-8-10(17(21)22)5-4-9(11)7-13(18)16-6-2-1-3-12(16)14(19)20/h4-5,8,12H,1-3,6-7H2,(H,19,20)/t12-/m1/s1. The molecule has 1 heterocycles. The molecule has 1 N–H and O–H groups in total. The summed E-state index contributed by atoms with van der Waals surface area (Å²) in [5.41, 5.74) is 0.301. The van der Waals surface area contributed by atoms with Crippen LogP contribution < -0.4 is 0 Å². The van der Waals surface area contributed by atoms with Crippen molar-refractivity contribution in [3.05, 3.63) is 38.9 Å². The number of hydrogen-bond acceptors (Lipinski definition) is 4. The van der Waals surface area contributed by atoms with Crippen molar-refractivity contribution < 1.29 is 19.6 Å². The Morgan fingerprint density at radius 2 is 2.14 bits per heavy atom. The second-order valence-electron chi connectivity index (χ2n) is 5.15. The van der Waals surface area contributed by atoms with E-state index in [0.29, 0.717) is 18.5 Å². The highest BCUT2D eigenvalue weighted by atomic mass is 35.5. The lowest BCUT2D eigenvalue weighted by Gasteiger charge is -2.33. The monoisotopic (exact) mass is 326 g/mol. The topological polar surface area (TPSA) is 101 Å². The van der Waals surface area contributed by atoms with Crippen LogP contribution in [0.4, 0.5) is 5.69 Å². The van der Waals surface area contributed by atoms with Crippen LogP contribution in [0.15, 0.2) is 18.2 Å². The van der Waals surface area contributed by atoms with Gasteiger partial charge in [0, 0.05) is 18.7 Å². The summed E-state index contributed by atoms with van der Waals surface area (Å²) in [7, 11) is 0. The van der Waals surface area contributed by atoms with E-state index >= 15 is 0 Å². The van der Waals surface area contributed by atoms with E-state index in [1.807, 2.05) is 0 Å². The zero-order chi connectivity index (χ0) is 16.3. The molecule has 0 aromatic heterocycles. The van der Waals surface area contributed by atoms with Gasteiger partial charge in [0.05, 0.1) is 16.4 Å². The summed E-state index contributed by atoms with van der Waals surface area (Å²) in [5, 5.41) is 20.0. The van der Waals surface area contributed by atoms with Gasteiger partial charge in [-0.05, 0) is 24.8 Å². The second kappa shape index (κ2) is 6.74. The number of carbonyl (C=O) groups excluding carboxylic acids is 1. The Bertz CT molecular complexity index is 619. The van der Waals surface area contributed by atoms with Crippen molar-refractivity contribution >= 4 is 29.2 Å². The fourth-order valence-electron chi connectivity index (χ4n) is 2.54. The number of carboxylic acids is 1. The molecule has 1 aliphatic heterocycles. The molecular weight excluding hydrogens is 312 g/mol. The van der Waals surface area contributed by atoms with E-state index in [1.165, 1.54) is 23.1 Å². The van der Waals surface area contributed by atoms with Crippen LogP contribution >= 0.6 is 11.6 Å². The van der Waals surface area contributed by atoms with E-state index in [2.05, 4.69) is 0 Å². The number of piperidine rings is 1. The Hall–Kier alpha value is -2.15. The van der Waals surface area contributed by atoms with Crippen LogP contribution in [0.3, 0.4) is 0 Å². The molecule has 0 saturated carbocycles. The highest BCUT2D eigenvalue weighted by molar-refractivity contribution is 6.31. The number of non-ortho nitro benzene ring substituents is 1. The third kappa shape index (κ3) is 3.54. The fraction of sp³-hybridized carbons (Fsp3) is 0.429. The molecule has 1 aromatic carbocycles. The minimum Gasteiger partial charge on any atom is -0.480 e. The third-order valence-electron chi connectivity index (χ3n) is 3.70. The molecule has 0 spiro atoms. The predicted octanol–water partition coefficient (Wildman–Crippen LogP) is 2.26. The Labute approximate surface area is 131 Å². The van der Waals surface area contributed by atoms with Gasteiger partial charge in [0.25, 0.3) is 5.69 Å². The maximum atomic E-state index is 12.3. The molecule has 1 amide bonds. The first-order valence-corrected chi connectivity index (χ1v) is 7.23. The number of hydrogen-bond donors (Lipinski definition) is 1. The quantitative estimate of drug-likeness (QED) is 0.675. The first kappa shape index (κ1) is 16.2. The van der Waals surface area contributed by atoms with Crippen molar-refractivity contribution in [2.45, 2.75) is 31.7 Å². The van der Waals surface area contributed by atoms with Crippen molar-refractivity contribution in [3.63, 3.8) is 0 Å². The normalized spacial score (nSPS) is 18.0. The first-order chi connectivity index (χ1) is 10.4. The smallest absolute Gasteiger partial charge is 0.326 e. The molecule has 8 heteroatoms. The summed E-state index contributed by atoms with van der Waals surface area (Å²) in [6.45, 7) is 0.403. The average Bonchev–Trinajstić information content (AvgIpc) is 2.48. The number of nitro groups is 1. The summed E-state index contributed by atoms with van der Waals surface area (Å²) in [6, 6.07) is 3.09. The van der Waals surface area contributed by atoms with Gasteiger partial charge in [0.2, 0.25) is 5.91 Å². The lowest BCUT2D eigenvalue weighted by Crippen LogP contribution is -2.48. The predicted molar refractivity (Wildman–Crippen MR) is 78.8 cm³/mol. The van der Waals surface area contributed by atoms with Crippen LogP contribution in [0.2, 0.25) is 5.02 Å². The van der Waals surface area contributed by atoms with Crippen LogP contribution in [-0.2, 0) is 16.0 Å². The lowest BCUT2D eigenvalue weighted by molar-refractivity contribution is -0.384. The number of halogens is 1. The van der Waals surface area contributed by atoms with E-state index in [1.54, 1.807) is 0 Å². The van der Waals surface area contributed by atoms with E-state index in [0.717, 1.165) is 12.8 Å². The largest absolute Gasteiger partial charge is 0.480 e. The van der Waals surface area contributed by atoms with Gasteiger partial charge in [-0.3, -0.25) is 14.9 Å². The van der Waals surface area contributed by atoms with Crippen molar-refractivity contribution in [1.29, 1.82) is 0 Å². The maximum Gasteiger partial charge on any atom is 0.326 e. The maximum absolute atomic E-state index is 12.3. The van der Waals surface area contributed by atoms with Gasteiger partial charge >= 0.3 is 5.97 Å². The minimum absolute atomic E-state index is 0.0688. The number of nitrogens with zero attached hydrogens (tertiary/aromatic N) is 2. The summed E-state index contributed by atoms with van der Waals surface area (Å²) >= 11 is 5.96. The molecule has 0 unspecified atom stereocenters. The number of carbonyl (C=O) groups is 2. The van der Waals surface area contributed by atoms with E-state index in [-0.39, 0.29) is 23.0 Å². The number of benzene rings is 1. The number of carboxylic acid groups (broad SMARTS) is 1. The third-order valence-corrected chi connectivity index (χ3v) is 4.05. The molecule has 118 valence electrons. The highest BCUT2D eigenvalue weighted by Gasteiger charge is 2.32. The number of nitro benzene ring substituents is 1. The Morgan fingerprint density at radius 3 is 2.73 bits per heavy atom. The zero-order valence-corrected chi connectivity index (χ0v) is 12.5. The highest BCUT2D eigenvalue weighted by Crippen LogP contribution is 2.25. The molecule has 1 saturated heterocycles. The Morgan fingerprint density at radius 1 is 1.41 bits per heavy atom. The summed E-state index contributed by atoms with van der Waals surface area (Å²) < 4.78 is 0. The molecule has 22 heavy (non-hydrogen) atoms. The van der Waals surface area contributed by atoms with E-state index in [9.17, 15) is 24.8 Å². The van der Waals surface area contributed by atoms with Gasteiger partial charge in [-0.15, -0.1) is 0 Å². The van der Waals surface area contributed by atoms with Crippen LogP contribution in [0.1, 0.15) is 24.8 Å². The second-order valence-corrected chi connectivity index (χ2v) is 5.55. The van der Waals surface area contributed by atoms with Gasteiger partial charge < -0.3 is 10.0 Å². The van der Waals surface area contributed by atoms with Crippen LogP contribution in [-0.4, -0.2) is 39.4 Å². The number of likely N-dealkylation sites (tertiary alicyclic amines) is 1. The zero-order valence-electron chi connectivity index (χ0n) is 11.7. The van der Waals surface area contributed by atoms with E-state index in [4.69, 9.17) is 11.6 Å². The molecule has 0 bridgehead atoms. The first-order valence-electron chi connectivity index (χ1n) is 6.85. The van der Waals surface area contributed by atoms with Crippen molar-refractivity contribution in [1.82, 2.24) is 4.90 Å². The molecule has 0 aliphatic carbocycles. The van der Waals surface area contributed by atoms with Crippen molar-refractivity contribution in [2.24, 2.45) is 0 Å². The average molecular weight is 327 g/mol. The Kier molecular flexibility index (Phi) is 4.97. The lowest BCUT2D eigenvalue weighted by atomic mass is 10.0. The van der Waals surface area contributed by atoms with Gasteiger partial charge in [0.15, 0.2) is 0 Å². The van der Waals surface area contributed by atoms with Gasteiger partial charge in [-0.1, -0.05) is 17.7 Å². The van der Waals surface area contributed by atoms with Gasteiger partial charge in [-0.25, -0.2) is 4.79 Å². The molecule has 7 nitrogen and oxygen atoms in total. The molecular formula is C14H15ClN2O5. The molecule has 0 radical (unpaired) electrons. The molecule has 1 aromatic rings. The van der Waals surface area contributed by atoms with Crippen LogP contribution in [0, 0.1) is 10.1 Å². The van der Waals surface area contributed by atoms with Crippen molar-refractivity contribution in [2.75, 3.05) is 6.54 Å².